The van der Waals surface area contributed by atoms with E-state index in [1.165, 1.54) is 0 Å². The number of hydrogen-bond donors (Lipinski definition) is 0. The number of benzene rings is 1. The number of ether oxygens (including phenoxy) is 1. The average molecular weight is 275 g/mol. The van der Waals surface area contributed by atoms with Crippen LogP contribution in [0.1, 0.15) is 5.56 Å². The van der Waals surface area contributed by atoms with Crippen molar-refractivity contribution >= 4 is 15.9 Å². The Morgan fingerprint density at radius 3 is 2.88 bits per heavy atom. The Hall–Kier alpha value is -1.86. The van der Waals surface area contributed by atoms with E-state index < -0.39 is 0 Å². The molecule has 0 saturated carbocycles. The fraction of sp³-hybridized carbons (Fsp3) is 0. The minimum atomic E-state index is 0.484. The lowest BCUT2D eigenvalue weighted by molar-refractivity contribution is 0.459. The average Bonchev–Trinajstić information content (AvgIpc) is 2.32. The number of aromatic nitrogens is 1. The lowest BCUT2D eigenvalue weighted by Crippen LogP contribution is -1.88. The first-order valence-electron chi connectivity index (χ1n) is 4.58. The molecule has 0 amide bonds. The molecule has 3 nitrogen and oxygen atoms in total. The molecule has 0 aliphatic carbocycles. The van der Waals surface area contributed by atoms with Crippen molar-refractivity contribution in [2.24, 2.45) is 0 Å². The molecule has 0 bridgehead atoms. The second-order valence-corrected chi connectivity index (χ2v) is 3.89. The Kier molecular flexibility index (Phi) is 3.18. The van der Waals surface area contributed by atoms with Crippen molar-refractivity contribution in [1.29, 1.82) is 5.26 Å². The van der Waals surface area contributed by atoms with Crippen LogP contribution < -0.4 is 4.74 Å². The van der Waals surface area contributed by atoms with E-state index in [2.05, 4.69) is 27.0 Å². The summed E-state index contributed by atoms with van der Waals surface area (Å²) < 4.78 is 6.32. The van der Waals surface area contributed by atoms with Crippen LogP contribution in [-0.2, 0) is 0 Å². The normalized spacial score (nSPS) is 9.50. The summed E-state index contributed by atoms with van der Waals surface area (Å²) in [6.07, 6.45) is 1.65. The number of halogens is 1. The predicted molar refractivity (Wildman–Crippen MR) is 63.2 cm³/mol. The maximum Gasteiger partial charge on any atom is 0.233 e. The number of rotatable bonds is 2. The lowest BCUT2D eigenvalue weighted by atomic mass is 10.2. The van der Waals surface area contributed by atoms with Crippen LogP contribution in [-0.4, -0.2) is 4.98 Å². The first kappa shape index (κ1) is 10.7. The molecule has 0 aliphatic heterocycles. The fourth-order valence-corrected chi connectivity index (χ4v) is 1.52. The maximum atomic E-state index is 8.75. The number of nitrogens with zero attached hydrogens (tertiary/aromatic N) is 2. The molecule has 78 valence electrons. The molecule has 0 unspecified atom stereocenters. The van der Waals surface area contributed by atoms with Crippen LogP contribution in [0, 0.1) is 11.3 Å². The highest BCUT2D eigenvalue weighted by Gasteiger charge is 2.03. The summed E-state index contributed by atoms with van der Waals surface area (Å²) in [5, 5.41) is 8.75. The molecule has 0 atom stereocenters. The van der Waals surface area contributed by atoms with Crippen molar-refractivity contribution in [3.05, 3.63) is 52.6 Å². The summed E-state index contributed by atoms with van der Waals surface area (Å²) in [5.41, 5.74) is 0.560. The van der Waals surface area contributed by atoms with E-state index in [0.717, 1.165) is 4.47 Å². The molecule has 4 heteroatoms. The van der Waals surface area contributed by atoms with Gasteiger partial charge in [0.05, 0.1) is 16.1 Å². The van der Waals surface area contributed by atoms with Crippen molar-refractivity contribution in [3.63, 3.8) is 0 Å². The molecule has 1 aromatic carbocycles. The Morgan fingerprint density at radius 2 is 2.12 bits per heavy atom. The van der Waals surface area contributed by atoms with Gasteiger partial charge in [0.25, 0.3) is 0 Å². The zero-order valence-electron chi connectivity index (χ0n) is 8.22. The third-order valence-electron chi connectivity index (χ3n) is 1.90. The standard InChI is InChI=1S/C12H7BrN2O/c13-11-5-2-6-15-12(11)16-10-4-1-3-9(7-10)8-14/h1-7H. The molecular formula is C12H7BrN2O. The highest BCUT2D eigenvalue weighted by atomic mass is 79.9. The Balaban J connectivity index is 2.28. The molecule has 0 radical (unpaired) electrons. The van der Waals surface area contributed by atoms with Gasteiger partial charge in [0.1, 0.15) is 5.75 Å². The highest BCUT2D eigenvalue weighted by Crippen LogP contribution is 2.26. The Labute approximate surface area is 101 Å². The number of hydrogen-bond acceptors (Lipinski definition) is 3. The summed E-state index contributed by atoms with van der Waals surface area (Å²) in [6, 6.07) is 12.6. The van der Waals surface area contributed by atoms with Gasteiger partial charge < -0.3 is 4.74 Å². The van der Waals surface area contributed by atoms with Gasteiger partial charge in [0, 0.05) is 6.20 Å². The molecular weight excluding hydrogens is 268 g/mol. The Bertz CT molecular complexity index is 549. The largest absolute Gasteiger partial charge is 0.438 e. The van der Waals surface area contributed by atoms with Crippen molar-refractivity contribution in [1.82, 2.24) is 4.98 Å². The van der Waals surface area contributed by atoms with Crippen molar-refractivity contribution in [2.75, 3.05) is 0 Å². The summed E-state index contributed by atoms with van der Waals surface area (Å²) in [4.78, 5) is 4.08. The summed E-state index contributed by atoms with van der Waals surface area (Å²) in [6.45, 7) is 0. The van der Waals surface area contributed by atoms with Gasteiger partial charge in [0.2, 0.25) is 5.88 Å². The monoisotopic (exact) mass is 274 g/mol. The van der Waals surface area contributed by atoms with E-state index in [-0.39, 0.29) is 0 Å². The van der Waals surface area contributed by atoms with Crippen LogP contribution >= 0.6 is 15.9 Å². The van der Waals surface area contributed by atoms with Crippen molar-refractivity contribution in [2.45, 2.75) is 0 Å². The van der Waals surface area contributed by atoms with Gasteiger partial charge in [-0.2, -0.15) is 5.26 Å². The van der Waals surface area contributed by atoms with E-state index in [9.17, 15) is 0 Å². The fourth-order valence-electron chi connectivity index (χ4n) is 1.19. The van der Waals surface area contributed by atoms with E-state index >= 15 is 0 Å². The molecule has 1 aromatic heterocycles. The second kappa shape index (κ2) is 4.77. The van der Waals surface area contributed by atoms with Gasteiger partial charge in [-0.25, -0.2) is 4.98 Å². The van der Waals surface area contributed by atoms with Gasteiger partial charge >= 0.3 is 0 Å². The zero-order chi connectivity index (χ0) is 11.4. The number of pyridine rings is 1. The zero-order valence-corrected chi connectivity index (χ0v) is 9.81. The summed E-state index contributed by atoms with van der Waals surface area (Å²) in [7, 11) is 0. The van der Waals surface area contributed by atoms with Gasteiger partial charge in [-0.1, -0.05) is 6.07 Å². The molecule has 16 heavy (non-hydrogen) atoms. The minimum Gasteiger partial charge on any atom is -0.438 e. The Morgan fingerprint density at radius 1 is 1.25 bits per heavy atom. The molecule has 0 saturated heterocycles. The van der Waals surface area contributed by atoms with Crippen LogP contribution in [0.2, 0.25) is 0 Å². The van der Waals surface area contributed by atoms with Gasteiger partial charge in [-0.3, -0.25) is 0 Å². The predicted octanol–water partition coefficient (Wildman–Crippen LogP) is 3.51. The van der Waals surface area contributed by atoms with E-state index in [1.807, 2.05) is 12.1 Å². The van der Waals surface area contributed by atoms with Crippen LogP contribution in [0.5, 0.6) is 11.6 Å². The van der Waals surface area contributed by atoms with E-state index in [4.69, 9.17) is 10.00 Å². The van der Waals surface area contributed by atoms with E-state index in [1.54, 1.807) is 30.5 Å². The minimum absolute atomic E-state index is 0.484. The quantitative estimate of drug-likeness (QED) is 0.842. The molecule has 2 aromatic rings. The van der Waals surface area contributed by atoms with Crippen molar-refractivity contribution in [3.8, 4) is 17.7 Å². The number of nitriles is 1. The highest BCUT2D eigenvalue weighted by molar-refractivity contribution is 9.10. The van der Waals surface area contributed by atoms with Crippen LogP contribution in [0.4, 0.5) is 0 Å². The summed E-state index contributed by atoms with van der Waals surface area (Å²) in [5.74, 6) is 1.08. The third-order valence-corrected chi connectivity index (χ3v) is 2.51. The van der Waals surface area contributed by atoms with Crippen molar-refractivity contribution < 1.29 is 4.74 Å². The molecule has 0 N–H and O–H groups in total. The first-order chi connectivity index (χ1) is 7.79. The lowest BCUT2D eigenvalue weighted by Gasteiger charge is -2.05. The second-order valence-electron chi connectivity index (χ2n) is 3.03. The van der Waals surface area contributed by atoms with Crippen LogP contribution in [0.25, 0.3) is 0 Å². The van der Waals surface area contributed by atoms with Gasteiger partial charge in [0.15, 0.2) is 0 Å². The SMILES string of the molecule is N#Cc1cccc(Oc2ncccc2Br)c1. The van der Waals surface area contributed by atoms with Gasteiger partial charge in [-0.15, -0.1) is 0 Å². The first-order valence-corrected chi connectivity index (χ1v) is 5.37. The van der Waals surface area contributed by atoms with Gasteiger partial charge in [-0.05, 0) is 46.3 Å². The molecule has 0 fully saturated rings. The van der Waals surface area contributed by atoms with E-state index in [0.29, 0.717) is 17.2 Å². The topological polar surface area (TPSA) is 45.9 Å². The smallest absolute Gasteiger partial charge is 0.233 e. The molecule has 0 spiro atoms. The van der Waals surface area contributed by atoms with Crippen LogP contribution in [0.3, 0.4) is 0 Å². The molecule has 0 aliphatic rings. The summed E-state index contributed by atoms with van der Waals surface area (Å²) >= 11 is 3.34. The third kappa shape index (κ3) is 2.38. The molecule has 1 heterocycles. The molecule has 2 rings (SSSR count). The van der Waals surface area contributed by atoms with Crippen LogP contribution in [0.15, 0.2) is 47.1 Å². The maximum absolute atomic E-state index is 8.75.